The number of methoxy groups -OCH3 is 2. The standard InChI is InChI=1S/C25H38N4O2/c1-24(2,3)29-16-14-28(15-17-29)13-10-25(4,5)20-9-8-19(18-21(20)30-6)22-23(31-7)27-12-11-26-22/h8-9,11-12,18H,10,13-17H2,1-7H3. The van der Waals surface area contributed by atoms with Crippen molar-refractivity contribution in [3.8, 4) is 22.9 Å². The molecule has 2 aromatic rings. The molecule has 6 heteroatoms. The molecule has 0 N–H and O–H groups in total. The second kappa shape index (κ2) is 9.53. The molecule has 0 spiro atoms. The molecule has 6 nitrogen and oxygen atoms in total. The van der Waals surface area contributed by atoms with Gasteiger partial charge in [0.2, 0.25) is 5.88 Å². The quantitative estimate of drug-likeness (QED) is 0.660. The molecule has 1 fully saturated rings. The van der Waals surface area contributed by atoms with Gasteiger partial charge in [0.15, 0.2) is 0 Å². The Morgan fingerprint density at radius 3 is 2.19 bits per heavy atom. The first-order valence-electron chi connectivity index (χ1n) is 11.2. The van der Waals surface area contributed by atoms with Crippen molar-refractivity contribution in [1.29, 1.82) is 0 Å². The number of nitrogens with zero attached hydrogens (tertiary/aromatic N) is 4. The lowest BCUT2D eigenvalue weighted by atomic mass is 9.80. The largest absolute Gasteiger partial charge is 0.496 e. The normalized spacial score (nSPS) is 16.4. The highest BCUT2D eigenvalue weighted by Gasteiger charge is 2.29. The van der Waals surface area contributed by atoms with E-state index in [0.29, 0.717) is 5.88 Å². The molecular weight excluding hydrogens is 388 g/mol. The summed E-state index contributed by atoms with van der Waals surface area (Å²) >= 11 is 0. The molecule has 1 aromatic carbocycles. The fraction of sp³-hybridized carbons (Fsp3) is 0.600. The Bertz CT molecular complexity index is 868. The Balaban J connectivity index is 1.71. The lowest BCUT2D eigenvalue weighted by Gasteiger charge is -2.43. The van der Waals surface area contributed by atoms with Gasteiger partial charge in [-0.1, -0.05) is 26.0 Å². The van der Waals surface area contributed by atoms with Gasteiger partial charge < -0.3 is 14.4 Å². The first-order chi connectivity index (χ1) is 14.7. The fourth-order valence-electron chi connectivity index (χ4n) is 4.28. The van der Waals surface area contributed by atoms with Crippen LogP contribution in [0.15, 0.2) is 30.6 Å². The van der Waals surface area contributed by atoms with Crippen molar-refractivity contribution in [2.45, 2.75) is 52.0 Å². The zero-order valence-electron chi connectivity index (χ0n) is 20.2. The van der Waals surface area contributed by atoms with Crippen molar-refractivity contribution in [3.63, 3.8) is 0 Å². The van der Waals surface area contributed by atoms with E-state index in [0.717, 1.165) is 56.2 Å². The molecule has 0 atom stereocenters. The number of ether oxygens (including phenoxy) is 2. The third-order valence-corrected chi connectivity index (χ3v) is 6.44. The molecule has 0 radical (unpaired) electrons. The number of piperazine rings is 1. The van der Waals surface area contributed by atoms with Crippen LogP contribution in [0.25, 0.3) is 11.3 Å². The van der Waals surface area contributed by atoms with Crippen molar-refractivity contribution in [2.75, 3.05) is 46.9 Å². The van der Waals surface area contributed by atoms with Crippen LogP contribution < -0.4 is 9.47 Å². The Labute approximate surface area is 187 Å². The van der Waals surface area contributed by atoms with E-state index < -0.39 is 0 Å². The number of aromatic nitrogens is 2. The first-order valence-corrected chi connectivity index (χ1v) is 11.2. The average Bonchev–Trinajstić information content (AvgIpc) is 2.77. The number of benzene rings is 1. The lowest BCUT2D eigenvalue weighted by Crippen LogP contribution is -2.53. The minimum atomic E-state index is -0.00249. The van der Waals surface area contributed by atoms with Crippen LogP contribution in [-0.2, 0) is 5.41 Å². The highest BCUT2D eigenvalue weighted by Crippen LogP contribution is 2.38. The Hall–Kier alpha value is -2.18. The maximum Gasteiger partial charge on any atom is 0.240 e. The zero-order chi connectivity index (χ0) is 22.6. The minimum absolute atomic E-state index is 0.00249. The molecule has 3 rings (SSSR count). The SMILES string of the molecule is COc1cc(-c2nccnc2OC)ccc1C(C)(C)CCN1CCN(C(C)(C)C)CC1. The number of hydrogen-bond donors (Lipinski definition) is 0. The monoisotopic (exact) mass is 426 g/mol. The molecule has 1 aromatic heterocycles. The van der Waals surface area contributed by atoms with E-state index in [-0.39, 0.29) is 11.0 Å². The van der Waals surface area contributed by atoms with E-state index in [1.807, 2.05) is 6.07 Å². The van der Waals surface area contributed by atoms with Crippen LogP contribution in [0.5, 0.6) is 11.6 Å². The topological polar surface area (TPSA) is 50.7 Å². The van der Waals surface area contributed by atoms with E-state index in [9.17, 15) is 0 Å². The molecule has 0 saturated carbocycles. The summed E-state index contributed by atoms with van der Waals surface area (Å²) in [5, 5.41) is 0. The second-order valence-electron chi connectivity index (χ2n) is 9.96. The van der Waals surface area contributed by atoms with Gasteiger partial charge in [0.25, 0.3) is 0 Å². The van der Waals surface area contributed by atoms with Crippen molar-refractivity contribution in [3.05, 3.63) is 36.2 Å². The molecule has 1 aliphatic heterocycles. The first kappa shape index (κ1) is 23.5. The highest BCUT2D eigenvalue weighted by atomic mass is 16.5. The van der Waals surface area contributed by atoms with Gasteiger partial charge in [-0.2, -0.15) is 0 Å². The van der Waals surface area contributed by atoms with Gasteiger partial charge in [-0.05, 0) is 50.8 Å². The van der Waals surface area contributed by atoms with Crippen LogP contribution in [0.3, 0.4) is 0 Å². The lowest BCUT2D eigenvalue weighted by molar-refractivity contribution is 0.0594. The van der Waals surface area contributed by atoms with Crippen molar-refractivity contribution >= 4 is 0 Å². The minimum Gasteiger partial charge on any atom is -0.496 e. The van der Waals surface area contributed by atoms with E-state index in [4.69, 9.17) is 9.47 Å². The third-order valence-electron chi connectivity index (χ3n) is 6.44. The number of rotatable bonds is 7. The van der Waals surface area contributed by atoms with Gasteiger partial charge in [-0.25, -0.2) is 9.97 Å². The van der Waals surface area contributed by atoms with Gasteiger partial charge in [0.05, 0.1) is 14.2 Å². The summed E-state index contributed by atoms with van der Waals surface area (Å²) in [7, 11) is 3.35. The van der Waals surface area contributed by atoms with E-state index >= 15 is 0 Å². The smallest absolute Gasteiger partial charge is 0.240 e. The molecule has 0 amide bonds. The summed E-state index contributed by atoms with van der Waals surface area (Å²) in [6.07, 6.45) is 4.40. The van der Waals surface area contributed by atoms with Crippen molar-refractivity contribution < 1.29 is 9.47 Å². The molecular formula is C25H38N4O2. The van der Waals surface area contributed by atoms with Crippen LogP contribution in [0.1, 0.15) is 46.6 Å². The van der Waals surface area contributed by atoms with Crippen molar-refractivity contribution in [2.24, 2.45) is 0 Å². The Kier molecular flexibility index (Phi) is 7.22. The summed E-state index contributed by atoms with van der Waals surface area (Å²) in [5.41, 5.74) is 3.14. The molecule has 2 heterocycles. The molecule has 0 aliphatic carbocycles. The van der Waals surface area contributed by atoms with E-state index in [1.54, 1.807) is 26.6 Å². The maximum absolute atomic E-state index is 5.80. The Morgan fingerprint density at radius 2 is 1.58 bits per heavy atom. The molecule has 170 valence electrons. The predicted molar refractivity (Wildman–Crippen MR) is 126 cm³/mol. The zero-order valence-corrected chi connectivity index (χ0v) is 20.2. The highest BCUT2D eigenvalue weighted by molar-refractivity contribution is 5.67. The van der Waals surface area contributed by atoms with E-state index in [1.165, 1.54) is 5.56 Å². The molecule has 0 unspecified atom stereocenters. The van der Waals surface area contributed by atoms with Gasteiger partial charge in [-0.3, -0.25) is 4.90 Å². The fourth-order valence-corrected chi connectivity index (χ4v) is 4.28. The van der Waals surface area contributed by atoms with Gasteiger partial charge >= 0.3 is 0 Å². The maximum atomic E-state index is 5.80. The van der Waals surface area contributed by atoms with Crippen LogP contribution >= 0.6 is 0 Å². The summed E-state index contributed by atoms with van der Waals surface area (Å²) in [6.45, 7) is 17.2. The third kappa shape index (κ3) is 5.55. The summed E-state index contributed by atoms with van der Waals surface area (Å²) in [4.78, 5) is 13.9. The van der Waals surface area contributed by atoms with Crippen LogP contribution in [-0.4, -0.2) is 72.3 Å². The second-order valence-corrected chi connectivity index (χ2v) is 9.96. The van der Waals surface area contributed by atoms with Crippen LogP contribution in [0.4, 0.5) is 0 Å². The van der Waals surface area contributed by atoms with Crippen LogP contribution in [0.2, 0.25) is 0 Å². The van der Waals surface area contributed by atoms with Gasteiger partial charge in [0, 0.05) is 49.7 Å². The van der Waals surface area contributed by atoms with Gasteiger partial charge in [0.1, 0.15) is 11.4 Å². The van der Waals surface area contributed by atoms with Crippen LogP contribution in [0, 0.1) is 0 Å². The predicted octanol–water partition coefficient (Wildman–Crippen LogP) is 4.24. The Morgan fingerprint density at radius 1 is 0.903 bits per heavy atom. The van der Waals surface area contributed by atoms with Gasteiger partial charge in [-0.15, -0.1) is 0 Å². The molecule has 31 heavy (non-hydrogen) atoms. The molecule has 1 aliphatic rings. The molecule has 1 saturated heterocycles. The average molecular weight is 427 g/mol. The summed E-state index contributed by atoms with van der Waals surface area (Å²) in [5.74, 6) is 1.40. The van der Waals surface area contributed by atoms with Crippen molar-refractivity contribution in [1.82, 2.24) is 19.8 Å². The molecule has 0 bridgehead atoms. The summed E-state index contributed by atoms with van der Waals surface area (Å²) < 4.78 is 11.2. The number of hydrogen-bond acceptors (Lipinski definition) is 6. The summed E-state index contributed by atoms with van der Waals surface area (Å²) in [6, 6.07) is 6.31. The van der Waals surface area contributed by atoms with E-state index in [2.05, 4.69) is 66.5 Å².